The van der Waals surface area contributed by atoms with Gasteiger partial charge in [0.15, 0.2) is 0 Å². The average molecular weight is 433 g/mol. The van der Waals surface area contributed by atoms with Crippen LogP contribution < -0.4 is 0 Å². The van der Waals surface area contributed by atoms with Gasteiger partial charge in [-0.3, -0.25) is 14.5 Å². The SMILES string of the molecule is O=C1S/C(=C/c2cccc(Cl)c2Cl)C(=O)N1Cc1ccc(Cl)cc1Cl. The molecule has 1 aliphatic rings. The van der Waals surface area contributed by atoms with Crippen molar-refractivity contribution < 1.29 is 9.59 Å². The van der Waals surface area contributed by atoms with E-state index in [1.807, 2.05) is 0 Å². The molecular weight excluding hydrogens is 424 g/mol. The predicted molar refractivity (Wildman–Crippen MR) is 104 cm³/mol. The molecule has 2 aromatic carbocycles. The molecule has 128 valence electrons. The lowest BCUT2D eigenvalue weighted by molar-refractivity contribution is -0.123. The summed E-state index contributed by atoms with van der Waals surface area (Å²) in [6.07, 6.45) is 1.56. The van der Waals surface area contributed by atoms with E-state index in [1.165, 1.54) is 0 Å². The van der Waals surface area contributed by atoms with E-state index in [1.54, 1.807) is 42.5 Å². The third kappa shape index (κ3) is 3.99. The fourth-order valence-electron chi connectivity index (χ4n) is 2.23. The summed E-state index contributed by atoms with van der Waals surface area (Å²) >= 11 is 24.9. The Bertz CT molecular complexity index is 914. The second-order valence-corrected chi connectivity index (χ2v) is 7.77. The number of carbonyl (C=O) groups is 2. The number of nitrogens with zero attached hydrogens (tertiary/aromatic N) is 1. The molecule has 0 N–H and O–H groups in total. The van der Waals surface area contributed by atoms with Crippen molar-refractivity contribution in [1.82, 2.24) is 4.90 Å². The molecule has 2 amide bonds. The minimum absolute atomic E-state index is 0.0707. The van der Waals surface area contributed by atoms with E-state index in [-0.39, 0.29) is 16.7 Å². The Kier molecular flexibility index (Phi) is 5.66. The first kappa shape index (κ1) is 18.6. The van der Waals surface area contributed by atoms with Crippen LogP contribution in [-0.4, -0.2) is 16.0 Å². The first-order valence-corrected chi connectivity index (χ1v) is 9.33. The van der Waals surface area contributed by atoms with Gasteiger partial charge in [-0.15, -0.1) is 0 Å². The number of rotatable bonds is 3. The van der Waals surface area contributed by atoms with E-state index in [0.717, 1.165) is 16.7 Å². The highest BCUT2D eigenvalue weighted by Gasteiger charge is 2.35. The largest absolute Gasteiger partial charge is 0.293 e. The van der Waals surface area contributed by atoms with Crippen molar-refractivity contribution in [3.05, 3.63) is 72.5 Å². The average Bonchev–Trinajstić information content (AvgIpc) is 2.81. The van der Waals surface area contributed by atoms with Crippen molar-refractivity contribution >= 4 is 75.4 Å². The molecule has 1 aliphatic heterocycles. The number of benzene rings is 2. The van der Waals surface area contributed by atoms with E-state index in [9.17, 15) is 9.59 Å². The molecule has 2 aromatic rings. The lowest BCUT2D eigenvalue weighted by atomic mass is 10.2. The highest BCUT2D eigenvalue weighted by atomic mass is 35.5. The molecule has 1 fully saturated rings. The number of hydrogen-bond acceptors (Lipinski definition) is 3. The quantitative estimate of drug-likeness (QED) is 0.517. The lowest BCUT2D eigenvalue weighted by Gasteiger charge is -2.13. The molecule has 25 heavy (non-hydrogen) atoms. The van der Waals surface area contributed by atoms with Gasteiger partial charge in [0.05, 0.1) is 21.5 Å². The monoisotopic (exact) mass is 431 g/mol. The molecule has 0 radical (unpaired) electrons. The van der Waals surface area contributed by atoms with Gasteiger partial charge in [-0.2, -0.15) is 0 Å². The molecule has 0 aliphatic carbocycles. The number of carbonyl (C=O) groups excluding carboxylic acids is 2. The molecule has 0 atom stereocenters. The lowest BCUT2D eigenvalue weighted by Crippen LogP contribution is -2.27. The maximum Gasteiger partial charge on any atom is 0.293 e. The van der Waals surface area contributed by atoms with Gasteiger partial charge in [-0.1, -0.05) is 64.6 Å². The number of imide groups is 1. The normalized spacial score (nSPS) is 16.2. The Morgan fingerprint density at radius 2 is 1.76 bits per heavy atom. The molecule has 0 aromatic heterocycles. The Balaban J connectivity index is 1.87. The third-order valence-electron chi connectivity index (χ3n) is 3.49. The highest BCUT2D eigenvalue weighted by molar-refractivity contribution is 8.18. The fourth-order valence-corrected chi connectivity index (χ4v) is 3.89. The molecule has 0 unspecified atom stereocenters. The molecule has 0 saturated carbocycles. The Hall–Kier alpha value is -1.17. The van der Waals surface area contributed by atoms with E-state index in [0.29, 0.717) is 31.2 Å². The molecule has 8 heteroatoms. The molecule has 3 rings (SSSR count). The summed E-state index contributed by atoms with van der Waals surface area (Å²) in [5, 5.41) is 1.21. The van der Waals surface area contributed by atoms with Crippen LogP contribution in [-0.2, 0) is 11.3 Å². The number of halogens is 4. The maximum atomic E-state index is 12.6. The minimum atomic E-state index is -0.406. The van der Waals surface area contributed by atoms with E-state index in [4.69, 9.17) is 46.4 Å². The van der Waals surface area contributed by atoms with Gasteiger partial charge in [0.25, 0.3) is 11.1 Å². The summed E-state index contributed by atoms with van der Waals surface area (Å²) in [6.45, 7) is 0.0707. The number of thioether (sulfide) groups is 1. The van der Waals surface area contributed by atoms with Crippen LogP contribution >= 0.6 is 58.2 Å². The molecule has 3 nitrogen and oxygen atoms in total. The zero-order valence-corrected chi connectivity index (χ0v) is 16.3. The predicted octanol–water partition coefficient (Wildman–Crippen LogP) is 6.54. The molecular formula is C17H9Cl4NO2S. The van der Waals surface area contributed by atoms with Crippen LogP contribution in [0.2, 0.25) is 20.1 Å². The summed E-state index contributed by atoms with van der Waals surface area (Å²) in [5.41, 5.74) is 1.21. The van der Waals surface area contributed by atoms with E-state index >= 15 is 0 Å². The van der Waals surface area contributed by atoms with E-state index in [2.05, 4.69) is 0 Å². The van der Waals surface area contributed by atoms with Gasteiger partial charge in [0.2, 0.25) is 0 Å². The van der Waals surface area contributed by atoms with Crippen LogP contribution in [0.1, 0.15) is 11.1 Å². The van der Waals surface area contributed by atoms with Crippen molar-refractivity contribution in [2.45, 2.75) is 6.54 Å². The Morgan fingerprint density at radius 1 is 1.00 bits per heavy atom. The number of hydrogen-bond donors (Lipinski definition) is 0. The molecule has 1 heterocycles. The van der Waals surface area contributed by atoms with E-state index < -0.39 is 5.91 Å². The van der Waals surface area contributed by atoms with Crippen LogP contribution in [0.3, 0.4) is 0 Å². The van der Waals surface area contributed by atoms with Crippen LogP contribution in [0.25, 0.3) is 6.08 Å². The first-order valence-electron chi connectivity index (χ1n) is 7.00. The van der Waals surface area contributed by atoms with Crippen LogP contribution in [0.4, 0.5) is 4.79 Å². The zero-order valence-electron chi connectivity index (χ0n) is 12.4. The Morgan fingerprint density at radius 3 is 2.48 bits per heavy atom. The number of amides is 2. The highest BCUT2D eigenvalue weighted by Crippen LogP contribution is 2.36. The van der Waals surface area contributed by atoms with Gasteiger partial charge < -0.3 is 0 Å². The first-order chi connectivity index (χ1) is 11.9. The second kappa shape index (κ2) is 7.60. The van der Waals surface area contributed by atoms with Crippen molar-refractivity contribution in [2.75, 3.05) is 0 Å². The molecule has 1 saturated heterocycles. The van der Waals surface area contributed by atoms with Crippen molar-refractivity contribution in [3.8, 4) is 0 Å². The van der Waals surface area contributed by atoms with Gasteiger partial charge in [0, 0.05) is 10.0 Å². The second-order valence-electron chi connectivity index (χ2n) is 5.15. The third-order valence-corrected chi connectivity index (χ3v) is 5.81. The van der Waals surface area contributed by atoms with Gasteiger partial charge >= 0.3 is 0 Å². The van der Waals surface area contributed by atoms with Gasteiger partial charge in [-0.05, 0) is 47.2 Å². The summed E-state index contributed by atoms with van der Waals surface area (Å²) in [7, 11) is 0. The molecule has 0 bridgehead atoms. The topological polar surface area (TPSA) is 37.4 Å². The standard InChI is InChI=1S/C17H9Cl4NO2S/c18-11-5-4-10(13(20)7-11)8-22-16(23)14(25-17(22)24)6-9-2-1-3-12(19)15(9)21/h1-7H,8H2/b14-6+. The summed E-state index contributed by atoms with van der Waals surface area (Å²) in [5.74, 6) is -0.406. The summed E-state index contributed by atoms with van der Waals surface area (Å²) < 4.78 is 0. The van der Waals surface area contributed by atoms with Crippen LogP contribution in [0.5, 0.6) is 0 Å². The minimum Gasteiger partial charge on any atom is -0.268 e. The van der Waals surface area contributed by atoms with Crippen LogP contribution in [0, 0.1) is 0 Å². The van der Waals surface area contributed by atoms with Crippen LogP contribution in [0.15, 0.2) is 41.3 Å². The van der Waals surface area contributed by atoms with Gasteiger partial charge in [-0.25, -0.2) is 0 Å². The van der Waals surface area contributed by atoms with Crippen molar-refractivity contribution in [3.63, 3.8) is 0 Å². The van der Waals surface area contributed by atoms with Crippen molar-refractivity contribution in [1.29, 1.82) is 0 Å². The smallest absolute Gasteiger partial charge is 0.268 e. The fraction of sp³-hybridized carbons (Fsp3) is 0.0588. The van der Waals surface area contributed by atoms with Gasteiger partial charge in [0.1, 0.15) is 0 Å². The van der Waals surface area contributed by atoms with Crippen molar-refractivity contribution in [2.24, 2.45) is 0 Å². The zero-order chi connectivity index (χ0) is 18.1. The maximum absolute atomic E-state index is 12.6. The Labute approximate surface area is 168 Å². The summed E-state index contributed by atoms with van der Waals surface area (Å²) in [6, 6.07) is 10.00. The molecule has 0 spiro atoms. The summed E-state index contributed by atoms with van der Waals surface area (Å²) in [4.78, 5) is 26.2.